The fourth-order valence-electron chi connectivity index (χ4n) is 3.36. The zero-order valence-electron chi connectivity index (χ0n) is 16.3. The summed E-state index contributed by atoms with van der Waals surface area (Å²) in [6.45, 7) is 5.45. The predicted molar refractivity (Wildman–Crippen MR) is 103 cm³/mol. The lowest BCUT2D eigenvalue weighted by Crippen LogP contribution is -2.45. The maximum Gasteiger partial charge on any atom is 0.293 e. The van der Waals surface area contributed by atoms with Crippen LogP contribution in [0.5, 0.6) is 0 Å². The number of piperidine rings is 1. The third kappa shape index (κ3) is 4.55. The Morgan fingerprint density at radius 3 is 2.75 bits per heavy atom. The molecule has 8 heteroatoms. The molecule has 1 aliphatic heterocycles. The third-order valence-corrected chi connectivity index (χ3v) is 4.94. The summed E-state index contributed by atoms with van der Waals surface area (Å²) in [6, 6.07) is 5.85. The number of hydrogen-bond acceptors (Lipinski definition) is 4. The summed E-state index contributed by atoms with van der Waals surface area (Å²) in [7, 11) is 0. The topological polar surface area (TPSA) is 80.1 Å². The van der Waals surface area contributed by atoms with Gasteiger partial charge in [0.05, 0.1) is 11.6 Å². The fourth-order valence-corrected chi connectivity index (χ4v) is 3.36. The van der Waals surface area contributed by atoms with E-state index < -0.39 is 0 Å². The van der Waals surface area contributed by atoms with Crippen LogP contribution in [0.1, 0.15) is 49.1 Å². The van der Waals surface area contributed by atoms with Crippen molar-refractivity contribution in [1.82, 2.24) is 25.0 Å². The van der Waals surface area contributed by atoms with Crippen LogP contribution in [0.4, 0.5) is 4.39 Å². The molecule has 7 nitrogen and oxygen atoms in total. The molecule has 1 N–H and O–H groups in total. The van der Waals surface area contributed by atoms with E-state index in [4.69, 9.17) is 0 Å². The minimum Gasteiger partial charge on any atom is -0.356 e. The van der Waals surface area contributed by atoms with E-state index in [1.54, 1.807) is 24.0 Å². The second kappa shape index (κ2) is 8.95. The van der Waals surface area contributed by atoms with Gasteiger partial charge in [0.1, 0.15) is 11.6 Å². The van der Waals surface area contributed by atoms with Crippen molar-refractivity contribution in [3.05, 3.63) is 41.7 Å². The van der Waals surface area contributed by atoms with Crippen molar-refractivity contribution in [3.8, 4) is 5.69 Å². The molecular weight excluding hydrogens is 361 g/mol. The SMILES string of the molecule is CCCCNC(=O)C1CCCN(C(=O)c2nc(C)n(-c3ccc(F)cc3)n2)C1. The van der Waals surface area contributed by atoms with Gasteiger partial charge in [-0.15, -0.1) is 5.10 Å². The summed E-state index contributed by atoms with van der Waals surface area (Å²) in [5.74, 6) is -0.180. The molecule has 0 bridgehead atoms. The predicted octanol–water partition coefficient (Wildman–Crippen LogP) is 2.48. The number of nitrogens with zero attached hydrogens (tertiary/aromatic N) is 4. The maximum atomic E-state index is 13.1. The second-order valence-corrected chi connectivity index (χ2v) is 7.11. The van der Waals surface area contributed by atoms with Gasteiger partial charge >= 0.3 is 0 Å². The first kappa shape index (κ1) is 20.0. The second-order valence-electron chi connectivity index (χ2n) is 7.11. The van der Waals surface area contributed by atoms with Crippen molar-refractivity contribution in [2.45, 2.75) is 39.5 Å². The molecule has 1 atom stereocenters. The number of aryl methyl sites for hydroxylation is 1. The lowest BCUT2D eigenvalue weighted by Gasteiger charge is -2.31. The Morgan fingerprint density at radius 1 is 1.29 bits per heavy atom. The normalized spacial score (nSPS) is 16.8. The van der Waals surface area contributed by atoms with E-state index in [1.165, 1.54) is 16.8 Å². The molecule has 1 fully saturated rings. The quantitative estimate of drug-likeness (QED) is 0.773. The maximum absolute atomic E-state index is 13.1. The highest BCUT2D eigenvalue weighted by Crippen LogP contribution is 2.19. The Labute approximate surface area is 163 Å². The van der Waals surface area contributed by atoms with Gasteiger partial charge in [-0.2, -0.15) is 0 Å². The van der Waals surface area contributed by atoms with Gasteiger partial charge in [0.25, 0.3) is 5.91 Å². The van der Waals surface area contributed by atoms with Crippen LogP contribution < -0.4 is 5.32 Å². The molecule has 1 aliphatic rings. The summed E-state index contributed by atoms with van der Waals surface area (Å²) in [5, 5.41) is 7.26. The van der Waals surface area contributed by atoms with Crippen molar-refractivity contribution < 1.29 is 14.0 Å². The Morgan fingerprint density at radius 2 is 2.04 bits per heavy atom. The molecule has 0 aliphatic carbocycles. The van der Waals surface area contributed by atoms with E-state index in [9.17, 15) is 14.0 Å². The first-order valence-corrected chi connectivity index (χ1v) is 9.76. The van der Waals surface area contributed by atoms with Crippen LogP contribution in [0.3, 0.4) is 0 Å². The molecule has 150 valence electrons. The van der Waals surface area contributed by atoms with E-state index in [2.05, 4.69) is 22.3 Å². The molecule has 2 aromatic rings. The Hall–Kier alpha value is -2.77. The first-order chi connectivity index (χ1) is 13.5. The van der Waals surface area contributed by atoms with Crippen LogP contribution in [0, 0.1) is 18.7 Å². The van der Waals surface area contributed by atoms with Crippen molar-refractivity contribution in [1.29, 1.82) is 0 Å². The summed E-state index contributed by atoms with van der Waals surface area (Å²) >= 11 is 0. The average molecular weight is 387 g/mol. The molecule has 28 heavy (non-hydrogen) atoms. The van der Waals surface area contributed by atoms with Gasteiger partial charge in [0, 0.05) is 19.6 Å². The minimum atomic E-state index is -0.339. The largest absolute Gasteiger partial charge is 0.356 e. The van der Waals surface area contributed by atoms with Gasteiger partial charge in [-0.25, -0.2) is 14.1 Å². The molecule has 1 unspecified atom stereocenters. The highest BCUT2D eigenvalue weighted by atomic mass is 19.1. The molecule has 1 saturated heterocycles. The molecule has 2 heterocycles. The van der Waals surface area contributed by atoms with E-state index in [0.29, 0.717) is 31.1 Å². The van der Waals surface area contributed by atoms with Gasteiger partial charge in [-0.05, 0) is 50.5 Å². The molecule has 0 spiro atoms. The zero-order chi connectivity index (χ0) is 20.1. The number of unbranched alkanes of at least 4 members (excludes halogenated alkanes) is 1. The molecule has 3 rings (SSSR count). The number of nitrogens with one attached hydrogen (secondary N) is 1. The van der Waals surface area contributed by atoms with Crippen molar-refractivity contribution in [3.63, 3.8) is 0 Å². The number of carbonyl (C=O) groups excluding carboxylic acids is 2. The smallest absolute Gasteiger partial charge is 0.293 e. The Kier molecular flexibility index (Phi) is 6.38. The number of halogens is 1. The van der Waals surface area contributed by atoms with Gasteiger partial charge in [0.15, 0.2) is 0 Å². The van der Waals surface area contributed by atoms with Crippen molar-refractivity contribution in [2.75, 3.05) is 19.6 Å². The van der Waals surface area contributed by atoms with E-state index in [1.807, 2.05) is 0 Å². The molecule has 0 saturated carbocycles. The number of aromatic nitrogens is 3. The average Bonchev–Trinajstić information content (AvgIpc) is 3.10. The third-order valence-electron chi connectivity index (χ3n) is 4.94. The first-order valence-electron chi connectivity index (χ1n) is 9.76. The Balaban J connectivity index is 1.69. The summed E-state index contributed by atoms with van der Waals surface area (Å²) < 4.78 is 14.7. The van der Waals surface area contributed by atoms with E-state index >= 15 is 0 Å². The van der Waals surface area contributed by atoms with Crippen LogP contribution >= 0.6 is 0 Å². The zero-order valence-corrected chi connectivity index (χ0v) is 16.3. The van der Waals surface area contributed by atoms with E-state index in [-0.39, 0.29) is 29.4 Å². The van der Waals surface area contributed by atoms with Crippen LogP contribution in [-0.4, -0.2) is 51.1 Å². The van der Waals surface area contributed by atoms with Crippen LogP contribution in [-0.2, 0) is 4.79 Å². The lowest BCUT2D eigenvalue weighted by atomic mass is 9.97. The lowest BCUT2D eigenvalue weighted by molar-refractivity contribution is -0.126. The van der Waals surface area contributed by atoms with Crippen LogP contribution in [0.25, 0.3) is 5.69 Å². The van der Waals surface area contributed by atoms with Crippen LogP contribution in [0.15, 0.2) is 24.3 Å². The van der Waals surface area contributed by atoms with Crippen LogP contribution in [0.2, 0.25) is 0 Å². The molecular formula is C20H26FN5O2. The number of benzene rings is 1. The molecule has 1 aromatic carbocycles. The monoisotopic (exact) mass is 387 g/mol. The number of likely N-dealkylation sites (tertiary alicyclic amines) is 1. The fraction of sp³-hybridized carbons (Fsp3) is 0.500. The number of hydrogen-bond donors (Lipinski definition) is 1. The van der Waals surface area contributed by atoms with Gasteiger partial charge in [0.2, 0.25) is 11.7 Å². The number of rotatable bonds is 6. The van der Waals surface area contributed by atoms with E-state index in [0.717, 1.165) is 25.7 Å². The highest BCUT2D eigenvalue weighted by molar-refractivity contribution is 5.91. The Bertz CT molecular complexity index is 834. The van der Waals surface area contributed by atoms with Crippen molar-refractivity contribution in [2.24, 2.45) is 5.92 Å². The highest BCUT2D eigenvalue weighted by Gasteiger charge is 2.30. The van der Waals surface area contributed by atoms with Gasteiger partial charge in [-0.3, -0.25) is 9.59 Å². The summed E-state index contributed by atoms with van der Waals surface area (Å²) in [5.41, 5.74) is 0.636. The number of carbonyl (C=O) groups is 2. The molecule has 2 amide bonds. The molecule has 1 aromatic heterocycles. The van der Waals surface area contributed by atoms with Gasteiger partial charge in [-0.1, -0.05) is 13.3 Å². The summed E-state index contributed by atoms with van der Waals surface area (Å²) in [4.78, 5) is 31.1. The summed E-state index contributed by atoms with van der Waals surface area (Å²) in [6.07, 6.45) is 3.52. The standard InChI is InChI=1S/C20H26FN5O2/c1-3-4-11-22-19(27)15-6-5-12-25(13-15)20(28)18-23-14(2)26(24-18)17-9-7-16(21)8-10-17/h7-10,15H,3-6,11-13H2,1-2H3,(H,22,27). The number of amides is 2. The minimum absolute atomic E-state index is 0.00642. The van der Waals surface area contributed by atoms with Gasteiger partial charge < -0.3 is 10.2 Å². The molecule has 0 radical (unpaired) electrons. The van der Waals surface area contributed by atoms with Crippen molar-refractivity contribution >= 4 is 11.8 Å².